The zero-order valence-corrected chi connectivity index (χ0v) is 13.5. The van der Waals surface area contributed by atoms with E-state index in [-0.39, 0.29) is 41.5 Å². The molecular formula is C16H15NO5S. The molecule has 0 unspecified atom stereocenters. The smallest absolute Gasteiger partial charge is 0.341 e. The quantitative estimate of drug-likeness (QED) is 0.785. The molecule has 0 fully saturated rings. The molecule has 23 heavy (non-hydrogen) atoms. The number of fused-ring (bicyclic) bond motifs is 1. The minimum Gasteiger partial charge on any atom is -0.462 e. The molecule has 0 atom stereocenters. The van der Waals surface area contributed by atoms with Crippen LogP contribution in [0.3, 0.4) is 0 Å². The van der Waals surface area contributed by atoms with Gasteiger partial charge in [0.15, 0.2) is 0 Å². The normalized spacial score (nSPS) is 10.2. The number of nitrogens with zero attached hydrogens (tertiary/aromatic N) is 1. The predicted molar refractivity (Wildman–Crippen MR) is 85.2 cm³/mol. The van der Waals surface area contributed by atoms with Crippen LogP contribution in [0.25, 0.3) is 11.1 Å². The first kappa shape index (κ1) is 16.8. The molecule has 0 aliphatic heterocycles. The Kier molecular flexibility index (Phi) is 5.59. The Hall–Kier alpha value is -2.54. The van der Waals surface area contributed by atoms with Crippen molar-refractivity contribution in [1.82, 2.24) is 0 Å². The van der Waals surface area contributed by atoms with Gasteiger partial charge < -0.3 is 9.47 Å². The topological polar surface area (TPSA) is 82.0 Å². The van der Waals surface area contributed by atoms with E-state index in [4.69, 9.17) is 9.47 Å². The minimum absolute atomic E-state index is 0.00287. The van der Waals surface area contributed by atoms with E-state index in [0.717, 1.165) is 0 Å². The first-order valence-electron chi connectivity index (χ1n) is 7.04. The Balaban J connectivity index is 2.83. The summed E-state index contributed by atoms with van der Waals surface area (Å²) in [4.78, 5) is 24.6. The number of hydrogen-bond donors (Lipinski definition) is 0. The lowest BCUT2D eigenvalue weighted by molar-refractivity contribution is 0.0525. The number of carbonyl (C=O) groups excluding carboxylic acids is 2. The molecule has 0 aromatic carbocycles. The maximum absolute atomic E-state index is 12.3. The average molecular weight is 333 g/mol. The van der Waals surface area contributed by atoms with E-state index >= 15 is 0 Å². The van der Waals surface area contributed by atoms with Crippen molar-refractivity contribution in [1.29, 1.82) is 0 Å². The van der Waals surface area contributed by atoms with Crippen molar-refractivity contribution >= 4 is 29.1 Å². The standard InChI is InChI=1S/C16H15NO5S/c1-3-21-15(18)12-10-8-6-5-7-9-11(10)13(14(12)17-23-20)16(19)22-4-2/h5-9H,3-4H2,1-2H3. The molecular weight excluding hydrogens is 318 g/mol. The van der Waals surface area contributed by atoms with Crippen LogP contribution in [-0.2, 0) is 20.9 Å². The van der Waals surface area contributed by atoms with Crippen LogP contribution in [0.4, 0.5) is 5.69 Å². The van der Waals surface area contributed by atoms with Gasteiger partial charge in [-0.05, 0) is 25.0 Å². The number of esters is 2. The highest BCUT2D eigenvalue weighted by Crippen LogP contribution is 2.42. The van der Waals surface area contributed by atoms with E-state index in [9.17, 15) is 13.8 Å². The van der Waals surface area contributed by atoms with Crippen molar-refractivity contribution in [3.8, 4) is 11.1 Å². The van der Waals surface area contributed by atoms with E-state index in [0.29, 0.717) is 11.1 Å². The van der Waals surface area contributed by atoms with Crippen LogP contribution in [0.5, 0.6) is 0 Å². The van der Waals surface area contributed by atoms with Gasteiger partial charge >= 0.3 is 11.9 Å². The molecule has 2 aliphatic carbocycles. The van der Waals surface area contributed by atoms with Gasteiger partial charge in [-0.3, -0.25) is 0 Å². The molecule has 0 heterocycles. The molecule has 0 radical (unpaired) electrons. The third-order valence-corrected chi connectivity index (χ3v) is 3.40. The monoisotopic (exact) mass is 333 g/mol. The second kappa shape index (κ2) is 7.64. The summed E-state index contributed by atoms with van der Waals surface area (Å²) in [7, 11) is 0. The van der Waals surface area contributed by atoms with Gasteiger partial charge in [0.2, 0.25) is 11.5 Å². The Labute approximate surface area is 137 Å². The molecule has 120 valence electrons. The van der Waals surface area contributed by atoms with Gasteiger partial charge in [0, 0.05) is 0 Å². The zero-order valence-electron chi connectivity index (χ0n) is 12.7. The second-order valence-corrected chi connectivity index (χ2v) is 4.78. The SMILES string of the molecule is CCOC(=O)c1c2cccccc-2c(C(=O)OCC)c1N=S=O. The third-order valence-electron chi connectivity index (χ3n) is 3.14. The van der Waals surface area contributed by atoms with Gasteiger partial charge in [-0.15, -0.1) is 0 Å². The fourth-order valence-electron chi connectivity index (χ4n) is 2.31. The molecule has 0 aromatic heterocycles. The average Bonchev–Trinajstić information content (AvgIpc) is 2.66. The van der Waals surface area contributed by atoms with Crippen LogP contribution < -0.4 is 0 Å². The number of carbonyl (C=O) groups is 2. The molecule has 0 saturated heterocycles. The summed E-state index contributed by atoms with van der Waals surface area (Å²) >= 11 is -0.0739. The van der Waals surface area contributed by atoms with Gasteiger partial charge in [-0.2, -0.15) is 8.57 Å². The van der Waals surface area contributed by atoms with Gasteiger partial charge in [-0.25, -0.2) is 9.59 Å². The summed E-state index contributed by atoms with van der Waals surface area (Å²) in [6.45, 7) is 3.69. The second-order valence-electron chi connectivity index (χ2n) is 4.44. The van der Waals surface area contributed by atoms with Crippen LogP contribution in [-0.4, -0.2) is 29.4 Å². The van der Waals surface area contributed by atoms with E-state index in [1.54, 1.807) is 44.2 Å². The number of rotatable bonds is 5. The van der Waals surface area contributed by atoms with E-state index in [1.807, 2.05) is 0 Å². The van der Waals surface area contributed by atoms with Gasteiger partial charge in [0.1, 0.15) is 5.69 Å². The third kappa shape index (κ3) is 3.29. The maximum Gasteiger partial charge on any atom is 0.341 e. The minimum atomic E-state index is -0.632. The first-order valence-corrected chi connectivity index (χ1v) is 7.74. The fourth-order valence-corrected chi connectivity index (χ4v) is 2.57. The lowest BCUT2D eigenvalue weighted by atomic mass is 10.1. The molecule has 0 aromatic rings. The Morgan fingerprint density at radius 3 is 1.83 bits per heavy atom. The van der Waals surface area contributed by atoms with Crippen LogP contribution in [0, 0.1) is 0 Å². The highest BCUT2D eigenvalue weighted by Gasteiger charge is 2.32. The fraction of sp³-hybridized carbons (Fsp3) is 0.250. The van der Waals surface area contributed by atoms with Gasteiger partial charge in [0.25, 0.3) is 0 Å². The van der Waals surface area contributed by atoms with Gasteiger partial charge in [0.05, 0.1) is 24.3 Å². The summed E-state index contributed by atoms with van der Waals surface area (Å²) < 4.78 is 24.8. The maximum atomic E-state index is 12.3. The van der Waals surface area contributed by atoms with E-state index < -0.39 is 11.9 Å². The van der Waals surface area contributed by atoms with Crippen LogP contribution in [0.2, 0.25) is 0 Å². The Morgan fingerprint density at radius 1 is 0.957 bits per heavy atom. The predicted octanol–water partition coefficient (Wildman–Crippen LogP) is 3.17. The summed E-state index contributed by atoms with van der Waals surface area (Å²) in [6.07, 6.45) is 0. The van der Waals surface area contributed by atoms with Crippen molar-refractivity contribution < 1.29 is 23.3 Å². The summed E-state index contributed by atoms with van der Waals surface area (Å²) in [6, 6.07) is 8.59. The van der Waals surface area contributed by atoms with Crippen molar-refractivity contribution in [2.45, 2.75) is 13.8 Å². The largest absolute Gasteiger partial charge is 0.462 e. The molecule has 0 N–H and O–H groups in total. The highest BCUT2D eigenvalue weighted by atomic mass is 32.1. The molecule has 0 amide bonds. The van der Waals surface area contributed by atoms with Crippen molar-refractivity contribution in [3.05, 3.63) is 41.5 Å². The van der Waals surface area contributed by atoms with E-state index in [2.05, 4.69) is 4.36 Å². The first-order chi connectivity index (χ1) is 11.2. The Bertz CT molecular complexity index is 715. The molecule has 2 aliphatic rings. The van der Waals surface area contributed by atoms with Crippen molar-refractivity contribution in [3.63, 3.8) is 0 Å². The lowest BCUT2D eigenvalue weighted by Gasteiger charge is -2.02. The zero-order chi connectivity index (χ0) is 16.8. The Morgan fingerprint density at radius 2 is 1.43 bits per heavy atom. The summed E-state index contributed by atoms with van der Waals surface area (Å²) in [5.74, 6) is -1.26. The highest BCUT2D eigenvalue weighted by molar-refractivity contribution is 7.54. The number of ether oxygens (including phenoxy) is 2. The number of hydrogen-bond acceptors (Lipinski definition) is 6. The van der Waals surface area contributed by atoms with Crippen molar-refractivity contribution in [2.75, 3.05) is 13.2 Å². The van der Waals surface area contributed by atoms with Gasteiger partial charge in [-0.1, -0.05) is 30.3 Å². The molecule has 7 heteroatoms. The molecule has 0 saturated carbocycles. The van der Waals surface area contributed by atoms with E-state index in [1.165, 1.54) is 0 Å². The van der Waals surface area contributed by atoms with Crippen molar-refractivity contribution in [2.24, 2.45) is 4.36 Å². The molecule has 2 rings (SSSR count). The lowest BCUT2D eigenvalue weighted by Crippen LogP contribution is -2.06. The molecule has 0 spiro atoms. The van der Waals surface area contributed by atoms with Crippen LogP contribution in [0.1, 0.15) is 34.6 Å². The van der Waals surface area contributed by atoms with Crippen LogP contribution >= 0.6 is 0 Å². The molecule has 0 bridgehead atoms. The molecule has 6 nitrogen and oxygen atoms in total. The van der Waals surface area contributed by atoms with Crippen LogP contribution in [0.15, 0.2) is 34.7 Å². The summed E-state index contributed by atoms with van der Waals surface area (Å²) in [5, 5.41) is 0. The summed E-state index contributed by atoms with van der Waals surface area (Å²) in [5.41, 5.74) is 1.19.